The van der Waals surface area contributed by atoms with Crippen molar-refractivity contribution < 1.29 is 18.3 Å². The van der Waals surface area contributed by atoms with Gasteiger partial charge in [-0.1, -0.05) is 24.7 Å². The number of ether oxygens (including phenoxy) is 1. The fourth-order valence-corrected chi connectivity index (χ4v) is 3.59. The van der Waals surface area contributed by atoms with Crippen LogP contribution in [0, 0.1) is 0 Å². The zero-order chi connectivity index (χ0) is 16.2. The molecular weight excluding hydrogens is 314 g/mol. The largest absolute Gasteiger partial charge is 0.382 e. The number of anilines is 1. The molecule has 124 valence electrons. The molecule has 0 aromatic carbocycles. The summed E-state index contributed by atoms with van der Waals surface area (Å²) in [6.07, 6.45) is 0.867. The highest BCUT2D eigenvalue weighted by Crippen LogP contribution is 2.35. The van der Waals surface area contributed by atoms with Crippen LogP contribution in [0.15, 0.2) is 0 Å². The van der Waals surface area contributed by atoms with Crippen molar-refractivity contribution in [2.45, 2.75) is 44.6 Å². The first-order valence-corrected chi connectivity index (χ1v) is 8.03. The standard InChI is InChI=1S/C13H20F2N4O2S/c1-3-5-13(8-21-2)6-4-7-19(13)12(20)16-11-18-17-10(22-11)9(14)15/h9H,3-8H2,1-2H3,(H,16,18,20)/t13-/m1/s1. The molecule has 1 aliphatic rings. The second-order valence-corrected chi connectivity index (χ2v) is 6.35. The molecule has 0 unspecified atom stereocenters. The van der Waals surface area contributed by atoms with Gasteiger partial charge in [-0.15, -0.1) is 10.2 Å². The molecular formula is C13H20F2N4O2S. The Hall–Kier alpha value is -1.35. The summed E-state index contributed by atoms with van der Waals surface area (Å²) < 4.78 is 30.3. The fourth-order valence-electron chi connectivity index (χ4n) is 3.00. The Morgan fingerprint density at radius 2 is 2.32 bits per heavy atom. The second-order valence-electron chi connectivity index (χ2n) is 5.34. The molecule has 0 radical (unpaired) electrons. The molecule has 1 aliphatic heterocycles. The fraction of sp³-hybridized carbons (Fsp3) is 0.769. The van der Waals surface area contributed by atoms with Gasteiger partial charge >= 0.3 is 6.03 Å². The number of nitrogens with zero attached hydrogens (tertiary/aromatic N) is 3. The SMILES string of the molecule is CCC[C@]1(COC)CCCN1C(=O)Nc1nnc(C(F)F)s1. The molecule has 0 bridgehead atoms. The molecule has 1 aromatic rings. The van der Waals surface area contributed by atoms with Crippen molar-refractivity contribution in [1.82, 2.24) is 15.1 Å². The van der Waals surface area contributed by atoms with Gasteiger partial charge in [-0.05, 0) is 19.3 Å². The Balaban J connectivity index is 2.09. The zero-order valence-corrected chi connectivity index (χ0v) is 13.5. The average molecular weight is 334 g/mol. The summed E-state index contributed by atoms with van der Waals surface area (Å²) in [4.78, 5) is 14.2. The molecule has 1 atom stereocenters. The van der Waals surface area contributed by atoms with E-state index in [1.807, 2.05) is 0 Å². The van der Waals surface area contributed by atoms with Crippen LogP contribution < -0.4 is 5.32 Å². The number of carbonyl (C=O) groups is 1. The Bertz CT molecular complexity index is 506. The van der Waals surface area contributed by atoms with Crippen LogP contribution in [-0.2, 0) is 4.74 Å². The van der Waals surface area contributed by atoms with E-state index in [0.717, 1.165) is 25.7 Å². The number of aromatic nitrogens is 2. The normalized spacial score (nSPS) is 21.6. The smallest absolute Gasteiger partial charge is 0.324 e. The maximum absolute atomic E-state index is 12.5. The summed E-state index contributed by atoms with van der Waals surface area (Å²) >= 11 is 0.693. The van der Waals surface area contributed by atoms with Crippen molar-refractivity contribution in [3.8, 4) is 0 Å². The maximum atomic E-state index is 12.5. The average Bonchev–Trinajstić information content (AvgIpc) is 3.07. The van der Waals surface area contributed by atoms with Crippen LogP contribution in [0.25, 0.3) is 0 Å². The van der Waals surface area contributed by atoms with Gasteiger partial charge in [0.1, 0.15) is 0 Å². The van der Waals surface area contributed by atoms with E-state index in [0.29, 0.717) is 24.5 Å². The number of carbonyl (C=O) groups excluding carboxylic acids is 1. The highest BCUT2D eigenvalue weighted by atomic mass is 32.1. The van der Waals surface area contributed by atoms with Crippen LogP contribution in [0.4, 0.5) is 18.7 Å². The Morgan fingerprint density at radius 3 is 2.91 bits per heavy atom. The predicted octanol–water partition coefficient (Wildman–Crippen LogP) is 3.29. The number of amides is 2. The van der Waals surface area contributed by atoms with Gasteiger partial charge in [-0.3, -0.25) is 5.32 Å². The quantitative estimate of drug-likeness (QED) is 0.867. The minimum Gasteiger partial charge on any atom is -0.382 e. The molecule has 2 rings (SSSR count). The summed E-state index contributed by atoms with van der Waals surface area (Å²) in [6, 6.07) is -0.333. The number of rotatable bonds is 6. The summed E-state index contributed by atoms with van der Waals surface area (Å²) in [5, 5.41) is 9.22. The summed E-state index contributed by atoms with van der Waals surface area (Å²) in [7, 11) is 1.62. The number of alkyl halides is 2. The molecule has 1 N–H and O–H groups in total. The lowest BCUT2D eigenvalue weighted by Gasteiger charge is -2.37. The first kappa shape index (κ1) is 17.0. The molecule has 2 heterocycles. The van der Waals surface area contributed by atoms with Crippen LogP contribution in [0.2, 0.25) is 0 Å². The van der Waals surface area contributed by atoms with Gasteiger partial charge in [-0.25, -0.2) is 13.6 Å². The first-order valence-electron chi connectivity index (χ1n) is 7.21. The molecule has 0 spiro atoms. The van der Waals surface area contributed by atoms with Gasteiger partial charge in [0, 0.05) is 13.7 Å². The van der Waals surface area contributed by atoms with Crippen LogP contribution in [0.5, 0.6) is 0 Å². The topological polar surface area (TPSA) is 67.3 Å². The van der Waals surface area contributed by atoms with E-state index >= 15 is 0 Å². The molecule has 1 saturated heterocycles. The summed E-state index contributed by atoms with van der Waals surface area (Å²) in [6.45, 7) is 3.15. The second kappa shape index (κ2) is 7.28. The van der Waals surface area contributed by atoms with Gasteiger partial charge in [-0.2, -0.15) is 0 Å². The van der Waals surface area contributed by atoms with Crippen molar-refractivity contribution in [3.63, 3.8) is 0 Å². The van der Waals surface area contributed by atoms with Gasteiger partial charge in [0.05, 0.1) is 12.1 Å². The molecule has 9 heteroatoms. The third-order valence-electron chi connectivity index (χ3n) is 3.81. The molecule has 6 nitrogen and oxygen atoms in total. The third kappa shape index (κ3) is 3.52. The highest BCUT2D eigenvalue weighted by molar-refractivity contribution is 7.15. The predicted molar refractivity (Wildman–Crippen MR) is 79.3 cm³/mol. The Labute approximate surface area is 131 Å². The van der Waals surface area contributed by atoms with Gasteiger partial charge in [0.15, 0.2) is 5.01 Å². The monoisotopic (exact) mass is 334 g/mol. The van der Waals surface area contributed by atoms with Gasteiger partial charge in [0.2, 0.25) is 5.13 Å². The molecule has 2 amide bonds. The first-order chi connectivity index (χ1) is 10.5. The lowest BCUT2D eigenvalue weighted by molar-refractivity contribution is 0.0540. The number of halogens is 2. The van der Waals surface area contributed by atoms with Crippen molar-refractivity contribution in [2.75, 3.05) is 25.6 Å². The number of urea groups is 1. The van der Waals surface area contributed by atoms with Crippen LogP contribution >= 0.6 is 11.3 Å². The van der Waals surface area contributed by atoms with Crippen molar-refractivity contribution in [1.29, 1.82) is 0 Å². The van der Waals surface area contributed by atoms with E-state index in [2.05, 4.69) is 22.4 Å². The Kier molecular flexibility index (Phi) is 5.63. The number of hydrogen-bond acceptors (Lipinski definition) is 5. The maximum Gasteiger partial charge on any atom is 0.324 e. The van der Waals surface area contributed by atoms with Crippen LogP contribution in [0.3, 0.4) is 0 Å². The number of likely N-dealkylation sites (tertiary alicyclic amines) is 1. The third-order valence-corrected chi connectivity index (χ3v) is 4.66. The molecule has 22 heavy (non-hydrogen) atoms. The molecule has 0 aliphatic carbocycles. The van der Waals surface area contributed by atoms with E-state index < -0.39 is 11.4 Å². The number of methoxy groups -OCH3 is 1. The van der Waals surface area contributed by atoms with Crippen molar-refractivity contribution in [3.05, 3.63) is 5.01 Å². The van der Waals surface area contributed by atoms with Gasteiger partial charge < -0.3 is 9.64 Å². The summed E-state index contributed by atoms with van der Waals surface area (Å²) in [5.74, 6) is 0. The minimum absolute atomic E-state index is 0.0926. The van der Waals surface area contributed by atoms with E-state index in [1.54, 1.807) is 12.0 Å². The summed E-state index contributed by atoms with van der Waals surface area (Å²) in [5.41, 5.74) is -0.330. The lowest BCUT2D eigenvalue weighted by Crippen LogP contribution is -2.51. The van der Waals surface area contributed by atoms with E-state index in [-0.39, 0.29) is 16.7 Å². The molecule has 1 aromatic heterocycles. The highest BCUT2D eigenvalue weighted by Gasteiger charge is 2.43. The van der Waals surface area contributed by atoms with Crippen molar-refractivity contribution in [2.24, 2.45) is 0 Å². The number of hydrogen-bond donors (Lipinski definition) is 1. The number of nitrogens with one attached hydrogen (secondary N) is 1. The van der Waals surface area contributed by atoms with Crippen LogP contribution in [0.1, 0.15) is 44.0 Å². The van der Waals surface area contributed by atoms with Crippen LogP contribution in [-0.4, -0.2) is 46.9 Å². The minimum atomic E-state index is -2.68. The van der Waals surface area contributed by atoms with E-state index in [1.165, 1.54) is 0 Å². The van der Waals surface area contributed by atoms with Crippen molar-refractivity contribution >= 4 is 22.5 Å². The Morgan fingerprint density at radius 1 is 1.55 bits per heavy atom. The van der Waals surface area contributed by atoms with Gasteiger partial charge in [0.25, 0.3) is 6.43 Å². The molecule has 0 saturated carbocycles. The molecule has 1 fully saturated rings. The van der Waals surface area contributed by atoms with E-state index in [9.17, 15) is 13.6 Å². The van der Waals surface area contributed by atoms with E-state index in [4.69, 9.17) is 4.74 Å². The lowest BCUT2D eigenvalue weighted by atomic mass is 9.91. The zero-order valence-electron chi connectivity index (χ0n) is 12.6.